The topological polar surface area (TPSA) is 88.1 Å². The summed E-state index contributed by atoms with van der Waals surface area (Å²) in [5, 5.41) is 19.1. The molecule has 0 radical (unpaired) electrons. The van der Waals surface area contributed by atoms with Gasteiger partial charge < -0.3 is 9.90 Å². The van der Waals surface area contributed by atoms with E-state index in [0.717, 1.165) is 17.0 Å². The molecule has 0 aromatic carbocycles. The van der Waals surface area contributed by atoms with Gasteiger partial charge in [-0.15, -0.1) is 0 Å². The molecule has 7 heteroatoms. The summed E-state index contributed by atoms with van der Waals surface area (Å²) in [5.41, 5.74) is 2.77. The summed E-state index contributed by atoms with van der Waals surface area (Å²) in [4.78, 5) is 14.9. The van der Waals surface area contributed by atoms with Gasteiger partial charge in [0, 0.05) is 31.1 Å². The van der Waals surface area contributed by atoms with Gasteiger partial charge in [0.2, 0.25) is 0 Å². The number of nitrogens with zero attached hydrogens (tertiary/aromatic N) is 5. The molecule has 3 aromatic rings. The lowest BCUT2D eigenvalue weighted by Gasteiger charge is -2.02. The third kappa shape index (κ3) is 1.75. The fourth-order valence-corrected chi connectivity index (χ4v) is 2.05. The van der Waals surface area contributed by atoms with Gasteiger partial charge in [0.05, 0.1) is 17.4 Å². The Morgan fingerprint density at radius 2 is 2.16 bits per heavy atom. The van der Waals surface area contributed by atoms with Crippen LogP contribution in [0.25, 0.3) is 16.9 Å². The molecule has 96 valence electrons. The molecule has 3 heterocycles. The number of carbonyl (C=O) groups excluding carboxylic acids is 1. The Balaban J connectivity index is 2.29. The zero-order chi connectivity index (χ0) is 13.6. The molecule has 19 heavy (non-hydrogen) atoms. The minimum Gasteiger partial charge on any atom is -0.543 e. The monoisotopic (exact) mass is 256 g/mol. The minimum atomic E-state index is -1.32. The zero-order valence-electron chi connectivity index (χ0n) is 10.4. The molecule has 0 spiro atoms. The Morgan fingerprint density at radius 3 is 2.79 bits per heavy atom. The molecule has 0 saturated heterocycles. The molecule has 0 unspecified atom stereocenters. The van der Waals surface area contributed by atoms with Crippen molar-refractivity contribution < 1.29 is 9.90 Å². The smallest absolute Gasteiger partial charge is 0.156 e. The minimum absolute atomic E-state index is 0.138. The number of carboxylic acids is 1. The molecular formula is C12H10N5O2-. The first-order valence-electron chi connectivity index (χ1n) is 5.63. The maximum atomic E-state index is 10.9. The summed E-state index contributed by atoms with van der Waals surface area (Å²) < 4.78 is 3.18. The highest BCUT2D eigenvalue weighted by molar-refractivity contribution is 5.85. The zero-order valence-corrected chi connectivity index (χ0v) is 10.4. The Hall–Kier alpha value is -2.70. The number of aromatic nitrogens is 5. The third-order valence-electron chi connectivity index (χ3n) is 2.86. The molecule has 0 aliphatic rings. The van der Waals surface area contributed by atoms with E-state index in [1.165, 1.54) is 10.6 Å². The maximum Gasteiger partial charge on any atom is 0.156 e. The summed E-state index contributed by atoms with van der Waals surface area (Å²) in [6.45, 7) is 1.88. The summed E-state index contributed by atoms with van der Waals surface area (Å²) >= 11 is 0. The number of hydrogen-bond donors (Lipinski definition) is 0. The molecule has 0 N–H and O–H groups in total. The average molecular weight is 256 g/mol. The van der Waals surface area contributed by atoms with Gasteiger partial charge in [0.1, 0.15) is 5.69 Å². The maximum absolute atomic E-state index is 10.9. The SMILES string of the molecule is Cc1nn(C)cc1-c1ccnc2cc(C(=O)[O-])nn12. The van der Waals surface area contributed by atoms with E-state index in [1.54, 1.807) is 16.9 Å². The van der Waals surface area contributed by atoms with Crippen LogP contribution in [0.1, 0.15) is 16.2 Å². The van der Waals surface area contributed by atoms with Gasteiger partial charge in [-0.2, -0.15) is 10.2 Å². The second kappa shape index (κ2) is 3.91. The lowest BCUT2D eigenvalue weighted by Crippen LogP contribution is -2.22. The van der Waals surface area contributed by atoms with E-state index in [-0.39, 0.29) is 5.69 Å². The van der Waals surface area contributed by atoms with Crippen LogP contribution in [0, 0.1) is 6.92 Å². The van der Waals surface area contributed by atoms with Crippen molar-refractivity contribution in [2.24, 2.45) is 7.05 Å². The van der Waals surface area contributed by atoms with Crippen molar-refractivity contribution in [1.82, 2.24) is 24.4 Å². The summed E-state index contributed by atoms with van der Waals surface area (Å²) in [6.07, 6.45) is 3.46. The van der Waals surface area contributed by atoms with Gasteiger partial charge in [-0.25, -0.2) is 9.50 Å². The number of hydrogen-bond acceptors (Lipinski definition) is 5. The van der Waals surface area contributed by atoms with Crippen molar-refractivity contribution in [3.8, 4) is 11.3 Å². The van der Waals surface area contributed by atoms with Crippen molar-refractivity contribution in [2.45, 2.75) is 6.92 Å². The first-order chi connectivity index (χ1) is 9.06. The van der Waals surface area contributed by atoms with E-state index in [2.05, 4.69) is 15.2 Å². The Kier molecular flexibility index (Phi) is 2.34. The Morgan fingerprint density at radius 1 is 1.37 bits per heavy atom. The second-order valence-corrected chi connectivity index (χ2v) is 4.22. The highest BCUT2D eigenvalue weighted by Gasteiger charge is 2.12. The predicted octanol–water partition coefficient (Wildman–Crippen LogP) is -0.198. The van der Waals surface area contributed by atoms with Crippen LogP contribution in [0.3, 0.4) is 0 Å². The van der Waals surface area contributed by atoms with E-state index >= 15 is 0 Å². The number of rotatable bonds is 2. The Labute approximate surface area is 108 Å². The molecular weight excluding hydrogens is 246 g/mol. The van der Waals surface area contributed by atoms with Crippen LogP contribution in [-0.4, -0.2) is 30.3 Å². The summed E-state index contributed by atoms with van der Waals surface area (Å²) in [7, 11) is 1.82. The van der Waals surface area contributed by atoms with Gasteiger partial charge in [0.25, 0.3) is 0 Å². The molecule has 0 saturated carbocycles. The van der Waals surface area contributed by atoms with E-state index < -0.39 is 5.97 Å². The average Bonchev–Trinajstić information content (AvgIpc) is 2.92. The van der Waals surface area contributed by atoms with Crippen molar-refractivity contribution in [1.29, 1.82) is 0 Å². The molecule has 0 amide bonds. The van der Waals surface area contributed by atoms with Crippen LogP contribution in [0.2, 0.25) is 0 Å². The molecule has 7 nitrogen and oxygen atoms in total. The lowest BCUT2D eigenvalue weighted by atomic mass is 10.2. The molecule has 0 fully saturated rings. The number of aryl methyl sites for hydroxylation is 2. The van der Waals surface area contributed by atoms with E-state index in [4.69, 9.17) is 0 Å². The largest absolute Gasteiger partial charge is 0.543 e. The van der Waals surface area contributed by atoms with Crippen LogP contribution in [-0.2, 0) is 7.05 Å². The summed E-state index contributed by atoms with van der Waals surface area (Å²) in [6, 6.07) is 3.15. The third-order valence-corrected chi connectivity index (χ3v) is 2.86. The van der Waals surface area contributed by atoms with Gasteiger partial charge in [-0.3, -0.25) is 4.68 Å². The van der Waals surface area contributed by atoms with E-state index in [0.29, 0.717) is 5.65 Å². The first-order valence-corrected chi connectivity index (χ1v) is 5.63. The van der Waals surface area contributed by atoms with E-state index in [9.17, 15) is 9.90 Å². The van der Waals surface area contributed by atoms with Crippen LogP contribution in [0.5, 0.6) is 0 Å². The van der Waals surface area contributed by atoms with Crippen molar-refractivity contribution >= 4 is 11.6 Å². The van der Waals surface area contributed by atoms with Crippen molar-refractivity contribution in [2.75, 3.05) is 0 Å². The molecule has 3 aromatic heterocycles. The van der Waals surface area contributed by atoms with Crippen LogP contribution in [0.15, 0.2) is 24.5 Å². The predicted molar refractivity (Wildman–Crippen MR) is 64.3 cm³/mol. The normalized spacial score (nSPS) is 11.1. The van der Waals surface area contributed by atoms with Gasteiger partial charge in [-0.1, -0.05) is 0 Å². The van der Waals surface area contributed by atoms with Crippen LogP contribution < -0.4 is 5.11 Å². The number of aromatic carboxylic acids is 1. The highest BCUT2D eigenvalue weighted by atomic mass is 16.4. The molecule has 0 aliphatic carbocycles. The fraction of sp³-hybridized carbons (Fsp3) is 0.167. The van der Waals surface area contributed by atoms with Crippen molar-refractivity contribution in [3.05, 3.63) is 35.9 Å². The quantitative estimate of drug-likeness (QED) is 0.633. The highest BCUT2D eigenvalue weighted by Crippen LogP contribution is 2.22. The van der Waals surface area contributed by atoms with Crippen LogP contribution >= 0.6 is 0 Å². The first kappa shape index (κ1) is 11.4. The standard InChI is InChI=1S/C12H11N5O2/c1-7-8(6-16(2)14-7)10-3-4-13-11-5-9(12(18)19)15-17(10)11/h3-6H,1-2H3,(H,18,19)/p-1. The molecule has 3 rings (SSSR count). The second-order valence-electron chi connectivity index (χ2n) is 4.22. The molecule has 0 aliphatic heterocycles. The number of carbonyl (C=O) groups is 1. The molecule has 0 bridgehead atoms. The van der Waals surface area contributed by atoms with E-state index in [1.807, 2.05) is 20.2 Å². The van der Waals surface area contributed by atoms with Crippen molar-refractivity contribution in [3.63, 3.8) is 0 Å². The summed E-state index contributed by atoms with van der Waals surface area (Å²) in [5.74, 6) is -1.32. The number of carboxylic acid groups (broad SMARTS) is 1. The Bertz CT molecular complexity index is 787. The lowest BCUT2D eigenvalue weighted by molar-refractivity contribution is -0.255. The van der Waals surface area contributed by atoms with Gasteiger partial charge >= 0.3 is 0 Å². The van der Waals surface area contributed by atoms with Gasteiger partial charge in [0.15, 0.2) is 5.65 Å². The molecule has 0 atom stereocenters. The van der Waals surface area contributed by atoms with Crippen LogP contribution in [0.4, 0.5) is 0 Å². The fourth-order valence-electron chi connectivity index (χ4n) is 2.05. The number of fused-ring (bicyclic) bond motifs is 1. The van der Waals surface area contributed by atoms with Gasteiger partial charge in [-0.05, 0) is 13.0 Å².